The molecule has 0 saturated heterocycles. The average Bonchev–Trinajstić information content (AvgIpc) is 2.66. The van der Waals surface area contributed by atoms with Gasteiger partial charge in [-0.15, -0.1) is 0 Å². The van der Waals surface area contributed by atoms with E-state index in [1.54, 1.807) is 6.20 Å². The summed E-state index contributed by atoms with van der Waals surface area (Å²) in [4.78, 5) is 19.1. The van der Waals surface area contributed by atoms with Gasteiger partial charge < -0.3 is 5.32 Å². The summed E-state index contributed by atoms with van der Waals surface area (Å²) < 4.78 is 0.901. The number of aromatic nitrogens is 1. The van der Waals surface area contributed by atoms with E-state index in [-0.39, 0.29) is 6.54 Å². The Morgan fingerprint density at radius 2 is 2.18 bits per heavy atom. The van der Waals surface area contributed by atoms with Crippen LogP contribution in [-0.4, -0.2) is 22.2 Å². The third-order valence-electron chi connectivity index (χ3n) is 3.11. The van der Waals surface area contributed by atoms with Crippen LogP contribution < -0.4 is 5.32 Å². The van der Waals surface area contributed by atoms with E-state index in [9.17, 15) is 10.1 Å². The van der Waals surface area contributed by atoms with Crippen molar-refractivity contribution in [1.82, 2.24) is 4.98 Å². The Hall–Kier alpha value is -2.54. The first-order valence-corrected chi connectivity index (χ1v) is 7.30. The molecule has 7 heteroatoms. The molecule has 110 valence electrons. The Kier molecular flexibility index (Phi) is 3.97. The first-order chi connectivity index (χ1) is 10.6. The van der Waals surface area contributed by atoms with Crippen molar-refractivity contribution in [3.05, 3.63) is 80.3 Å². The maximum Gasteiger partial charge on any atom is 0.255 e. The second kappa shape index (κ2) is 6.07. The molecule has 0 aliphatic carbocycles. The molecule has 0 saturated carbocycles. The Balaban J connectivity index is 2.15. The smallest absolute Gasteiger partial charge is 0.255 e. The van der Waals surface area contributed by atoms with E-state index in [1.165, 1.54) is 0 Å². The highest BCUT2D eigenvalue weighted by Gasteiger charge is 2.18. The van der Waals surface area contributed by atoms with Gasteiger partial charge in [0.1, 0.15) is 5.70 Å². The molecule has 6 nitrogen and oxygen atoms in total. The lowest BCUT2D eigenvalue weighted by atomic mass is 10.0. The fourth-order valence-electron chi connectivity index (χ4n) is 2.21. The van der Waals surface area contributed by atoms with Gasteiger partial charge in [0.05, 0.1) is 22.9 Å². The van der Waals surface area contributed by atoms with Gasteiger partial charge in [-0.3, -0.25) is 20.1 Å². The predicted molar refractivity (Wildman–Crippen MR) is 87.6 cm³/mol. The lowest BCUT2D eigenvalue weighted by Gasteiger charge is -2.10. The third kappa shape index (κ3) is 3.04. The number of anilines is 1. The van der Waals surface area contributed by atoms with Crippen LogP contribution >= 0.6 is 15.9 Å². The molecule has 0 radical (unpaired) electrons. The van der Waals surface area contributed by atoms with Gasteiger partial charge in [-0.2, -0.15) is 0 Å². The molecule has 1 aliphatic rings. The monoisotopic (exact) mass is 358 g/mol. The van der Waals surface area contributed by atoms with E-state index in [0.717, 1.165) is 27.6 Å². The van der Waals surface area contributed by atoms with Crippen LogP contribution in [0.2, 0.25) is 0 Å². The van der Waals surface area contributed by atoms with Gasteiger partial charge >= 0.3 is 0 Å². The number of rotatable bonds is 2. The molecule has 2 heterocycles. The van der Waals surface area contributed by atoms with Crippen LogP contribution in [0.15, 0.2) is 64.0 Å². The summed E-state index contributed by atoms with van der Waals surface area (Å²) >= 11 is 3.45. The van der Waals surface area contributed by atoms with Crippen molar-refractivity contribution in [3.63, 3.8) is 0 Å². The van der Waals surface area contributed by atoms with Gasteiger partial charge in [0, 0.05) is 21.9 Å². The van der Waals surface area contributed by atoms with Crippen molar-refractivity contribution >= 4 is 27.3 Å². The molecule has 0 spiro atoms. The van der Waals surface area contributed by atoms with Gasteiger partial charge in [0.15, 0.2) is 0 Å². The number of benzodiazepines with no additional fused rings is 1. The molecule has 0 atom stereocenters. The lowest BCUT2D eigenvalue weighted by Crippen LogP contribution is -2.07. The van der Waals surface area contributed by atoms with Crippen LogP contribution in [0, 0.1) is 10.1 Å². The Morgan fingerprint density at radius 3 is 2.91 bits per heavy atom. The first-order valence-electron chi connectivity index (χ1n) is 6.50. The van der Waals surface area contributed by atoms with E-state index in [0.29, 0.717) is 11.4 Å². The van der Waals surface area contributed by atoms with Gasteiger partial charge in [-0.1, -0.05) is 22.0 Å². The van der Waals surface area contributed by atoms with Crippen molar-refractivity contribution in [2.75, 3.05) is 11.9 Å². The minimum absolute atomic E-state index is 0.194. The number of pyridine rings is 1. The van der Waals surface area contributed by atoms with Gasteiger partial charge in [-0.25, -0.2) is 0 Å². The second-order valence-electron chi connectivity index (χ2n) is 4.63. The highest BCUT2D eigenvalue weighted by Crippen LogP contribution is 2.27. The normalized spacial score (nSPS) is 15.5. The first kappa shape index (κ1) is 14.4. The quantitative estimate of drug-likeness (QED) is 0.660. The number of hydrogen-bond acceptors (Lipinski definition) is 5. The van der Waals surface area contributed by atoms with E-state index >= 15 is 0 Å². The maximum atomic E-state index is 10.7. The molecule has 0 unspecified atom stereocenters. The summed E-state index contributed by atoms with van der Waals surface area (Å²) in [5.41, 5.74) is 3.47. The molecule has 22 heavy (non-hydrogen) atoms. The molecule has 1 aromatic carbocycles. The predicted octanol–water partition coefficient (Wildman–Crippen LogP) is 3.23. The highest BCUT2D eigenvalue weighted by molar-refractivity contribution is 9.10. The standard InChI is InChI=1S/C15H11BrN4O2/c16-10-4-5-13-12(7-10)15(14-3-1-2-6-17-14)18-8-11(19-13)9-20(21)22/h1-7,9,19H,8H2. The highest BCUT2D eigenvalue weighted by atomic mass is 79.9. The van der Waals surface area contributed by atoms with Crippen LogP contribution in [0.5, 0.6) is 0 Å². The zero-order chi connectivity index (χ0) is 15.5. The SMILES string of the molecule is O=[N+]([O-])C=C1CN=C(c2ccccn2)c2cc(Br)ccc2N1. The van der Waals surface area contributed by atoms with E-state index < -0.39 is 4.92 Å². The van der Waals surface area contributed by atoms with Crippen molar-refractivity contribution in [3.8, 4) is 0 Å². The van der Waals surface area contributed by atoms with Gasteiger partial charge in [0.25, 0.3) is 6.20 Å². The number of halogens is 1. The number of nitrogens with one attached hydrogen (secondary N) is 1. The zero-order valence-electron chi connectivity index (χ0n) is 11.4. The summed E-state index contributed by atoms with van der Waals surface area (Å²) in [7, 11) is 0. The third-order valence-corrected chi connectivity index (χ3v) is 3.60. The molecule has 2 aromatic rings. The fourth-order valence-corrected chi connectivity index (χ4v) is 2.57. The zero-order valence-corrected chi connectivity index (χ0v) is 12.9. The summed E-state index contributed by atoms with van der Waals surface area (Å²) in [6.45, 7) is 0.194. The summed E-state index contributed by atoms with van der Waals surface area (Å²) in [5.74, 6) is 0. The summed E-state index contributed by atoms with van der Waals surface area (Å²) in [6.07, 6.45) is 2.64. The molecular weight excluding hydrogens is 348 g/mol. The van der Waals surface area contributed by atoms with E-state index in [2.05, 4.69) is 31.2 Å². The van der Waals surface area contributed by atoms with E-state index in [1.807, 2.05) is 36.4 Å². The van der Waals surface area contributed by atoms with Crippen molar-refractivity contribution in [2.24, 2.45) is 4.99 Å². The number of hydrogen-bond donors (Lipinski definition) is 1. The van der Waals surface area contributed by atoms with Crippen LogP contribution in [0.3, 0.4) is 0 Å². The molecule has 3 rings (SSSR count). The summed E-state index contributed by atoms with van der Waals surface area (Å²) in [6, 6.07) is 11.2. The number of benzene rings is 1. The molecule has 1 aromatic heterocycles. The van der Waals surface area contributed by atoms with E-state index in [4.69, 9.17) is 0 Å². The molecular formula is C15H11BrN4O2. The number of nitrogens with zero attached hydrogens (tertiary/aromatic N) is 3. The Bertz CT molecular complexity index is 787. The maximum absolute atomic E-state index is 10.7. The van der Waals surface area contributed by atoms with Crippen molar-refractivity contribution < 1.29 is 4.92 Å². The Morgan fingerprint density at radius 1 is 1.32 bits per heavy atom. The fraction of sp³-hybridized carbons (Fsp3) is 0.0667. The summed E-state index contributed by atoms with van der Waals surface area (Å²) in [5, 5.41) is 13.8. The molecule has 0 amide bonds. The Labute approximate surface area is 134 Å². The number of aliphatic imine (C=N–C) groups is 1. The van der Waals surface area contributed by atoms with Crippen LogP contribution in [0.1, 0.15) is 11.3 Å². The van der Waals surface area contributed by atoms with Crippen molar-refractivity contribution in [2.45, 2.75) is 0 Å². The molecule has 0 bridgehead atoms. The lowest BCUT2D eigenvalue weighted by molar-refractivity contribution is -0.403. The molecule has 1 aliphatic heterocycles. The van der Waals surface area contributed by atoms with Crippen LogP contribution in [0.4, 0.5) is 5.69 Å². The molecule has 1 N–H and O–H groups in total. The topological polar surface area (TPSA) is 80.4 Å². The number of nitro groups is 1. The number of fused-ring (bicyclic) bond motifs is 1. The van der Waals surface area contributed by atoms with Crippen LogP contribution in [0.25, 0.3) is 0 Å². The van der Waals surface area contributed by atoms with Crippen molar-refractivity contribution in [1.29, 1.82) is 0 Å². The van der Waals surface area contributed by atoms with Gasteiger partial charge in [-0.05, 0) is 30.3 Å². The average molecular weight is 359 g/mol. The minimum Gasteiger partial charge on any atom is -0.352 e. The minimum atomic E-state index is -0.484. The molecule has 0 fully saturated rings. The second-order valence-corrected chi connectivity index (χ2v) is 5.55. The largest absolute Gasteiger partial charge is 0.352 e. The van der Waals surface area contributed by atoms with Crippen LogP contribution in [-0.2, 0) is 0 Å². The van der Waals surface area contributed by atoms with Gasteiger partial charge in [0.2, 0.25) is 0 Å².